The predicted octanol–water partition coefficient (Wildman–Crippen LogP) is 1.95. The molecule has 0 saturated heterocycles. The fourth-order valence-electron chi connectivity index (χ4n) is 1.43. The van der Waals surface area contributed by atoms with E-state index in [1.165, 1.54) is 0 Å². The lowest BCUT2D eigenvalue weighted by Gasteiger charge is -2.10. The molecule has 0 saturated carbocycles. The summed E-state index contributed by atoms with van der Waals surface area (Å²) < 4.78 is 0. The van der Waals surface area contributed by atoms with Crippen molar-refractivity contribution in [3.8, 4) is 0 Å². The smallest absolute Gasteiger partial charge is 0.251 e. The molecule has 94 valence electrons. The van der Waals surface area contributed by atoms with Crippen molar-refractivity contribution in [2.45, 2.75) is 16.2 Å². The summed E-state index contributed by atoms with van der Waals surface area (Å²) in [6.07, 6.45) is 0.938. The minimum absolute atomic E-state index is 0.0741. The number of carbonyl (C=O) groups excluding carboxylic acids is 1. The van der Waals surface area contributed by atoms with Gasteiger partial charge in [-0.3, -0.25) is 4.79 Å². The quantitative estimate of drug-likeness (QED) is 0.564. The Morgan fingerprint density at radius 3 is 2.35 bits per heavy atom. The van der Waals surface area contributed by atoms with E-state index in [1.807, 2.05) is 14.1 Å². The van der Waals surface area contributed by atoms with Gasteiger partial charge in [-0.15, -0.1) is 25.3 Å². The summed E-state index contributed by atoms with van der Waals surface area (Å²) in [5, 5.41) is 2.88. The van der Waals surface area contributed by atoms with Crippen LogP contribution in [0.2, 0.25) is 0 Å². The molecule has 0 aliphatic heterocycles. The standard InChI is InChI=1S/C12H18N2OS2/c1-14(2)5-3-4-13-12(15)9-6-10(16)8-11(17)7-9/h6-8,16-17H,3-5H2,1-2H3,(H,13,15). The molecule has 3 nitrogen and oxygen atoms in total. The van der Waals surface area contributed by atoms with Gasteiger partial charge in [0, 0.05) is 21.9 Å². The van der Waals surface area contributed by atoms with Crippen molar-refractivity contribution in [3.05, 3.63) is 23.8 Å². The van der Waals surface area contributed by atoms with E-state index in [4.69, 9.17) is 0 Å². The maximum absolute atomic E-state index is 11.8. The first-order valence-corrected chi connectivity index (χ1v) is 6.34. The van der Waals surface area contributed by atoms with Crippen LogP contribution in [0.3, 0.4) is 0 Å². The number of nitrogens with zero attached hydrogens (tertiary/aromatic N) is 1. The molecule has 0 radical (unpaired) electrons. The highest BCUT2D eigenvalue weighted by Gasteiger charge is 2.06. The molecule has 17 heavy (non-hydrogen) atoms. The summed E-state index contributed by atoms with van der Waals surface area (Å²) in [7, 11) is 4.03. The lowest BCUT2D eigenvalue weighted by molar-refractivity contribution is 0.0952. The highest BCUT2D eigenvalue weighted by molar-refractivity contribution is 7.81. The fourth-order valence-corrected chi connectivity index (χ4v) is 2.08. The molecule has 0 bridgehead atoms. The van der Waals surface area contributed by atoms with E-state index in [9.17, 15) is 4.79 Å². The van der Waals surface area contributed by atoms with Crippen molar-refractivity contribution in [1.29, 1.82) is 0 Å². The Kier molecular flexibility index (Phi) is 5.88. The SMILES string of the molecule is CN(C)CCCNC(=O)c1cc(S)cc(S)c1. The third kappa shape index (κ3) is 5.48. The van der Waals surface area contributed by atoms with Crippen LogP contribution in [0, 0.1) is 0 Å². The molecule has 0 aliphatic carbocycles. The third-order valence-corrected chi connectivity index (χ3v) is 2.75. The number of benzene rings is 1. The molecule has 1 aromatic carbocycles. The van der Waals surface area contributed by atoms with Gasteiger partial charge in [0.05, 0.1) is 0 Å². The Labute approximate surface area is 113 Å². The fraction of sp³-hybridized carbons (Fsp3) is 0.417. The topological polar surface area (TPSA) is 32.3 Å². The summed E-state index contributed by atoms with van der Waals surface area (Å²) >= 11 is 8.44. The number of thiol groups is 2. The number of rotatable bonds is 5. The van der Waals surface area contributed by atoms with Crippen molar-refractivity contribution in [1.82, 2.24) is 10.2 Å². The minimum Gasteiger partial charge on any atom is -0.352 e. The van der Waals surface area contributed by atoms with E-state index in [1.54, 1.807) is 18.2 Å². The van der Waals surface area contributed by atoms with E-state index in [-0.39, 0.29) is 5.91 Å². The van der Waals surface area contributed by atoms with Crippen LogP contribution in [0.1, 0.15) is 16.8 Å². The van der Waals surface area contributed by atoms with Crippen molar-refractivity contribution >= 4 is 31.2 Å². The average Bonchev–Trinajstić information content (AvgIpc) is 2.22. The Bertz CT molecular complexity index is 374. The maximum Gasteiger partial charge on any atom is 0.251 e. The highest BCUT2D eigenvalue weighted by Crippen LogP contribution is 2.16. The van der Waals surface area contributed by atoms with Gasteiger partial charge in [-0.25, -0.2) is 0 Å². The zero-order valence-electron chi connectivity index (χ0n) is 10.1. The monoisotopic (exact) mass is 270 g/mol. The molecule has 0 atom stereocenters. The normalized spacial score (nSPS) is 10.6. The van der Waals surface area contributed by atoms with Gasteiger partial charge in [-0.1, -0.05) is 0 Å². The molecule has 0 aliphatic rings. The molecule has 1 amide bonds. The summed E-state index contributed by atoms with van der Waals surface area (Å²) in [5.74, 6) is -0.0741. The van der Waals surface area contributed by atoms with Crippen LogP contribution in [-0.4, -0.2) is 38.0 Å². The Balaban J connectivity index is 2.47. The van der Waals surface area contributed by atoms with Crippen molar-refractivity contribution in [3.63, 3.8) is 0 Å². The maximum atomic E-state index is 11.8. The number of nitrogens with one attached hydrogen (secondary N) is 1. The van der Waals surface area contributed by atoms with Crippen LogP contribution in [0.25, 0.3) is 0 Å². The van der Waals surface area contributed by atoms with Gasteiger partial charge < -0.3 is 10.2 Å². The number of hydrogen-bond acceptors (Lipinski definition) is 4. The predicted molar refractivity (Wildman–Crippen MR) is 76.5 cm³/mol. The molecule has 5 heteroatoms. The molecular formula is C12H18N2OS2. The van der Waals surface area contributed by atoms with Crippen LogP contribution < -0.4 is 5.32 Å². The molecule has 0 fully saturated rings. The van der Waals surface area contributed by atoms with Crippen LogP contribution in [0.15, 0.2) is 28.0 Å². The molecular weight excluding hydrogens is 252 g/mol. The van der Waals surface area contributed by atoms with Gasteiger partial charge in [-0.05, 0) is 45.3 Å². The molecule has 0 spiro atoms. The van der Waals surface area contributed by atoms with E-state index in [0.29, 0.717) is 12.1 Å². The number of amides is 1. The minimum atomic E-state index is -0.0741. The number of hydrogen-bond donors (Lipinski definition) is 3. The van der Waals surface area contributed by atoms with E-state index < -0.39 is 0 Å². The third-order valence-electron chi connectivity index (χ3n) is 2.23. The van der Waals surface area contributed by atoms with Gasteiger partial charge >= 0.3 is 0 Å². The molecule has 1 aromatic rings. The van der Waals surface area contributed by atoms with Crippen LogP contribution in [0.5, 0.6) is 0 Å². The van der Waals surface area contributed by atoms with Gasteiger partial charge in [0.1, 0.15) is 0 Å². The first-order valence-electron chi connectivity index (χ1n) is 5.45. The largest absolute Gasteiger partial charge is 0.352 e. The van der Waals surface area contributed by atoms with Crippen LogP contribution in [0.4, 0.5) is 0 Å². The summed E-state index contributed by atoms with van der Waals surface area (Å²) in [5.41, 5.74) is 0.604. The number of carbonyl (C=O) groups is 1. The summed E-state index contributed by atoms with van der Waals surface area (Å²) in [4.78, 5) is 15.4. The summed E-state index contributed by atoms with van der Waals surface area (Å²) in [6.45, 7) is 1.64. The van der Waals surface area contributed by atoms with Gasteiger partial charge in [0.2, 0.25) is 0 Å². The van der Waals surface area contributed by atoms with Gasteiger partial charge in [-0.2, -0.15) is 0 Å². The second-order valence-corrected chi connectivity index (χ2v) is 5.18. The average molecular weight is 270 g/mol. The molecule has 0 aromatic heterocycles. The van der Waals surface area contributed by atoms with Crippen LogP contribution in [-0.2, 0) is 0 Å². The first-order chi connectivity index (χ1) is 7.99. The molecule has 0 heterocycles. The first kappa shape index (κ1) is 14.4. The molecule has 1 rings (SSSR count). The van der Waals surface area contributed by atoms with E-state index in [0.717, 1.165) is 22.8 Å². The molecule has 0 unspecified atom stereocenters. The van der Waals surface area contributed by atoms with Crippen LogP contribution >= 0.6 is 25.3 Å². The van der Waals surface area contributed by atoms with E-state index >= 15 is 0 Å². The van der Waals surface area contributed by atoms with Crippen molar-refractivity contribution in [2.24, 2.45) is 0 Å². The zero-order valence-corrected chi connectivity index (χ0v) is 11.9. The second kappa shape index (κ2) is 6.93. The van der Waals surface area contributed by atoms with E-state index in [2.05, 4.69) is 35.5 Å². The Morgan fingerprint density at radius 2 is 1.82 bits per heavy atom. The highest BCUT2D eigenvalue weighted by atomic mass is 32.1. The van der Waals surface area contributed by atoms with Crippen molar-refractivity contribution < 1.29 is 4.79 Å². The second-order valence-electron chi connectivity index (χ2n) is 4.15. The lowest BCUT2D eigenvalue weighted by atomic mass is 10.2. The van der Waals surface area contributed by atoms with Gasteiger partial charge in [0.25, 0.3) is 5.91 Å². The Morgan fingerprint density at radius 1 is 1.24 bits per heavy atom. The lowest BCUT2D eigenvalue weighted by Crippen LogP contribution is -2.27. The van der Waals surface area contributed by atoms with Crippen molar-refractivity contribution in [2.75, 3.05) is 27.2 Å². The Hall–Kier alpha value is -0.650. The summed E-state index contributed by atoms with van der Waals surface area (Å²) in [6, 6.07) is 5.28. The molecule has 1 N–H and O–H groups in total. The zero-order chi connectivity index (χ0) is 12.8. The van der Waals surface area contributed by atoms with Gasteiger partial charge in [0.15, 0.2) is 0 Å².